The van der Waals surface area contributed by atoms with Crippen molar-refractivity contribution in [2.75, 3.05) is 33.4 Å². The highest BCUT2D eigenvalue weighted by Crippen LogP contribution is 2.16. The molecule has 1 aromatic rings. The number of nitrogens with one attached hydrogen (secondary N) is 1. The Hall–Kier alpha value is -1.17. The van der Waals surface area contributed by atoms with E-state index in [9.17, 15) is 4.79 Å². The van der Waals surface area contributed by atoms with Crippen LogP contribution in [-0.4, -0.2) is 49.1 Å². The molecule has 118 valence electrons. The Balaban J connectivity index is 0.00000220. The third-order valence-electron chi connectivity index (χ3n) is 3.66. The van der Waals surface area contributed by atoms with Gasteiger partial charge in [0.25, 0.3) is 0 Å². The van der Waals surface area contributed by atoms with Crippen molar-refractivity contribution in [1.29, 1.82) is 0 Å². The molecule has 21 heavy (non-hydrogen) atoms. The summed E-state index contributed by atoms with van der Waals surface area (Å²) in [6.45, 7) is 3.67. The quantitative estimate of drug-likeness (QED) is 0.864. The molecule has 0 radical (unpaired) electrons. The van der Waals surface area contributed by atoms with Crippen LogP contribution in [0.1, 0.15) is 18.4 Å². The summed E-state index contributed by atoms with van der Waals surface area (Å²) < 4.78 is 5.13. The molecule has 5 nitrogen and oxygen atoms in total. The second kappa shape index (κ2) is 9.71. The molecule has 2 rings (SSSR count). The van der Waals surface area contributed by atoms with Crippen LogP contribution in [0.4, 0.5) is 0 Å². The number of methoxy groups -OCH3 is 1. The summed E-state index contributed by atoms with van der Waals surface area (Å²) in [5.74, 6) is 0.386. The van der Waals surface area contributed by atoms with Gasteiger partial charge in [-0.3, -0.25) is 9.78 Å². The average Bonchev–Trinajstić information content (AvgIpc) is 2.52. The van der Waals surface area contributed by atoms with Crippen LogP contribution in [0.2, 0.25) is 0 Å². The Morgan fingerprint density at radius 3 is 2.86 bits per heavy atom. The van der Waals surface area contributed by atoms with Crippen LogP contribution in [0.5, 0.6) is 0 Å². The monoisotopic (exact) mass is 313 g/mol. The van der Waals surface area contributed by atoms with E-state index < -0.39 is 0 Å². The number of piperidine rings is 1. The summed E-state index contributed by atoms with van der Waals surface area (Å²) in [6, 6.07) is 3.90. The normalized spacial score (nSPS) is 15.3. The van der Waals surface area contributed by atoms with Crippen molar-refractivity contribution in [2.45, 2.75) is 19.4 Å². The molecule has 0 spiro atoms. The Morgan fingerprint density at radius 2 is 2.24 bits per heavy atom. The van der Waals surface area contributed by atoms with Crippen molar-refractivity contribution in [3.63, 3.8) is 0 Å². The van der Waals surface area contributed by atoms with E-state index in [4.69, 9.17) is 4.74 Å². The van der Waals surface area contributed by atoms with Crippen molar-refractivity contribution in [3.8, 4) is 0 Å². The van der Waals surface area contributed by atoms with Gasteiger partial charge in [0, 0.05) is 38.5 Å². The Morgan fingerprint density at radius 1 is 1.48 bits per heavy atom. The number of aromatic nitrogens is 1. The van der Waals surface area contributed by atoms with Gasteiger partial charge in [-0.25, -0.2) is 0 Å². The van der Waals surface area contributed by atoms with Gasteiger partial charge in [-0.15, -0.1) is 12.4 Å². The van der Waals surface area contributed by atoms with E-state index in [-0.39, 0.29) is 24.2 Å². The Kier molecular flexibility index (Phi) is 8.27. The molecule has 1 aliphatic rings. The first-order chi connectivity index (χ1) is 9.81. The number of ether oxygens (including phenoxy) is 1. The number of carbonyl (C=O) groups is 1. The van der Waals surface area contributed by atoms with Crippen LogP contribution in [0.25, 0.3) is 0 Å². The highest BCUT2D eigenvalue weighted by molar-refractivity contribution is 5.85. The van der Waals surface area contributed by atoms with Gasteiger partial charge in [-0.1, -0.05) is 6.07 Å². The predicted octanol–water partition coefficient (Wildman–Crippen LogP) is 1.48. The molecule has 1 aromatic heterocycles. The smallest absolute Gasteiger partial charge is 0.226 e. The molecule has 0 atom stereocenters. The van der Waals surface area contributed by atoms with Crippen LogP contribution < -0.4 is 5.32 Å². The molecular weight excluding hydrogens is 290 g/mol. The fraction of sp³-hybridized carbons (Fsp3) is 0.600. The van der Waals surface area contributed by atoms with Crippen LogP contribution in [0, 0.1) is 5.92 Å². The van der Waals surface area contributed by atoms with E-state index in [2.05, 4.69) is 10.3 Å². The van der Waals surface area contributed by atoms with Gasteiger partial charge >= 0.3 is 0 Å². The van der Waals surface area contributed by atoms with E-state index in [1.807, 2.05) is 23.2 Å². The minimum Gasteiger partial charge on any atom is -0.383 e. The zero-order valence-electron chi connectivity index (χ0n) is 12.5. The standard InChI is InChI=1S/C15H23N3O2.ClH/c1-20-10-9-18(12-13-3-2-6-17-11-13)15(19)14-4-7-16-8-5-14;/h2-3,6,11,14,16H,4-5,7-10,12H2,1H3;1H. The van der Waals surface area contributed by atoms with E-state index in [1.165, 1.54) is 0 Å². The lowest BCUT2D eigenvalue weighted by Crippen LogP contribution is -2.42. The van der Waals surface area contributed by atoms with Gasteiger partial charge in [0.05, 0.1) is 6.61 Å². The SMILES string of the molecule is COCCN(Cc1cccnc1)C(=O)C1CCNCC1.Cl. The van der Waals surface area contributed by atoms with Crippen LogP contribution in [-0.2, 0) is 16.1 Å². The first-order valence-electron chi connectivity index (χ1n) is 7.18. The number of halogens is 1. The zero-order valence-corrected chi connectivity index (χ0v) is 13.3. The van der Waals surface area contributed by atoms with Gasteiger partial charge in [-0.2, -0.15) is 0 Å². The molecule has 0 aromatic carbocycles. The lowest BCUT2D eigenvalue weighted by Gasteiger charge is -2.29. The zero-order chi connectivity index (χ0) is 14.2. The lowest BCUT2D eigenvalue weighted by molar-refractivity contribution is -0.137. The molecule has 0 aliphatic carbocycles. The topological polar surface area (TPSA) is 54.5 Å². The summed E-state index contributed by atoms with van der Waals surface area (Å²) >= 11 is 0. The highest BCUT2D eigenvalue weighted by Gasteiger charge is 2.25. The number of nitrogens with zero attached hydrogens (tertiary/aromatic N) is 2. The molecule has 0 saturated carbocycles. The molecular formula is C15H24ClN3O2. The van der Waals surface area contributed by atoms with Crippen LogP contribution in [0.3, 0.4) is 0 Å². The van der Waals surface area contributed by atoms with E-state index in [0.29, 0.717) is 19.7 Å². The maximum atomic E-state index is 12.6. The molecule has 1 N–H and O–H groups in total. The second-order valence-electron chi connectivity index (χ2n) is 5.14. The summed E-state index contributed by atoms with van der Waals surface area (Å²) in [5.41, 5.74) is 1.06. The van der Waals surface area contributed by atoms with Crippen molar-refractivity contribution in [3.05, 3.63) is 30.1 Å². The lowest BCUT2D eigenvalue weighted by atomic mass is 9.96. The van der Waals surface area contributed by atoms with E-state index >= 15 is 0 Å². The van der Waals surface area contributed by atoms with Gasteiger partial charge in [0.2, 0.25) is 5.91 Å². The largest absolute Gasteiger partial charge is 0.383 e. The summed E-state index contributed by atoms with van der Waals surface area (Å²) in [4.78, 5) is 18.6. The minimum atomic E-state index is 0. The first-order valence-corrected chi connectivity index (χ1v) is 7.18. The Bertz CT molecular complexity index is 411. The third-order valence-corrected chi connectivity index (χ3v) is 3.66. The van der Waals surface area contributed by atoms with E-state index in [1.54, 1.807) is 13.3 Å². The van der Waals surface area contributed by atoms with Crippen LogP contribution in [0.15, 0.2) is 24.5 Å². The number of carbonyl (C=O) groups excluding carboxylic acids is 1. The maximum absolute atomic E-state index is 12.6. The summed E-state index contributed by atoms with van der Waals surface area (Å²) in [6.07, 6.45) is 5.41. The van der Waals surface area contributed by atoms with Gasteiger partial charge < -0.3 is 15.0 Å². The molecule has 0 bridgehead atoms. The molecule has 2 heterocycles. The molecule has 1 saturated heterocycles. The number of hydrogen-bond acceptors (Lipinski definition) is 4. The van der Waals surface area contributed by atoms with Crippen molar-refractivity contribution in [1.82, 2.24) is 15.2 Å². The second-order valence-corrected chi connectivity index (χ2v) is 5.14. The van der Waals surface area contributed by atoms with Crippen molar-refractivity contribution >= 4 is 18.3 Å². The molecule has 6 heteroatoms. The Labute approximate surface area is 132 Å². The first kappa shape index (κ1) is 17.9. The van der Waals surface area contributed by atoms with Gasteiger partial charge in [-0.05, 0) is 37.6 Å². The summed E-state index contributed by atoms with van der Waals surface area (Å²) in [5, 5.41) is 3.30. The maximum Gasteiger partial charge on any atom is 0.226 e. The summed E-state index contributed by atoms with van der Waals surface area (Å²) in [7, 11) is 1.66. The van der Waals surface area contributed by atoms with Crippen molar-refractivity contribution in [2.24, 2.45) is 5.92 Å². The number of hydrogen-bond donors (Lipinski definition) is 1. The van der Waals surface area contributed by atoms with E-state index in [0.717, 1.165) is 31.5 Å². The predicted molar refractivity (Wildman–Crippen MR) is 84.4 cm³/mol. The minimum absolute atomic E-state index is 0. The molecule has 1 amide bonds. The molecule has 0 unspecified atom stereocenters. The highest BCUT2D eigenvalue weighted by atomic mass is 35.5. The average molecular weight is 314 g/mol. The molecule has 1 fully saturated rings. The third kappa shape index (κ3) is 5.61. The number of amides is 1. The molecule has 1 aliphatic heterocycles. The van der Waals surface area contributed by atoms with Gasteiger partial charge in [0.1, 0.15) is 0 Å². The van der Waals surface area contributed by atoms with Crippen LogP contribution >= 0.6 is 12.4 Å². The number of rotatable bonds is 6. The fourth-order valence-electron chi connectivity index (χ4n) is 2.51. The van der Waals surface area contributed by atoms with Crippen molar-refractivity contribution < 1.29 is 9.53 Å². The number of pyridine rings is 1. The van der Waals surface area contributed by atoms with Gasteiger partial charge in [0.15, 0.2) is 0 Å². The fourth-order valence-corrected chi connectivity index (χ4v) is 2.51.